The number of nitrogens with one attached hydrogen (secondary N) is 1. The highest BCUT2D eigenvalue weighted by molar-refractivity contribution is 6.51. The molecule has 0 spiro atoms. The average molecular weight is 500 g/mol. The Hall–Kier alpha value is -4.46. The third-order valence-electron chi connectivity index (χ3n) is 5.93. The first-order chi connectivity index (χ1) is 17.7. The van der Waals surface area contributed by atoms with Crippen molar-refractivity contribution >= 4 is 34.7 Å². The van der Waals surface area contributed by atoms with Gasteiger partial charge in [0.15, 0.2) is 0 Å². The van der Waals surface area contributed by atoms with Gasteiger partial charge in [-0.05, 0) is 72.5 Å². The zero-order valence-corrected chi connectivity index (χ0v) is 21.2. The number of hydrogen-bond acceptors (Lipinski definition) is 6. The van der Waals surface area contributed by atoms with Crippen molar-refractivity contribution in [3.05, 3.63) is 89.3 Å². The van der Waals surface area contributed by atoms with E-state index in [1.54, 1.807) is 67.0 Å². The molecule has 2 heterocycles. The van der Waals surface area contributed by atoms with Gasteiger partial charge in [-0.1, -0.05) is 19.9 Å². The predicted octanol–water partition coefficient (Wildman–Crippen LogP) is 5.01. The molecule has 0 radical (unpaired) electrons. The number of Topliss-reactive ketones (excluding diaryl/α,β-unsaturated/α-hetero) is 1. The minimum absolute atomic E-state index is 0.0285. The van der Waals surface area contributed by atoms with E-state index < -0.39 is 17.7 Å². The Bertz CT molecular complexity index is 1360. The molecule has 0 aliphatic carbocycles. The summed E-state index contributed by atoms with van der Waals surface area (Å²) in [6, 6.07) is 14.3. The molecule has 1 aliphatic heterocycles. The topological polar surface area (TPSA) is 109 Å². The molecule has 0 saturated carbocycles. The Balaban J connectivity index is 1.79. The minimum Gasteiger partial charge on any atom is -0.507 e. The Kier molecular flexibility index (Phi) is 7.38. The summed E-state index contributed by atoms with van der Waals surface area (Å²) in [5, 5.41) is 14.0. The van der Waals surface area contributed by atoms with E-state index in [-0.39, 0.29) is 17.2 Å². The van der Waals surface area contributed by atoms with Gasteiger partial charge in [-0.25, -0.2) is 0 Å². The van der Waals surface area contributed by atoms with Crippen LogP contribution in [0.1, 0.15) is 43.5 Å². The number of aryl methyl sites for hydroxylation is 1. The summed E-state index contributed by atoms with van der Waals surface area (Å²) < 4.78 is 5.83. The summed E-state index contributed by atoms with van der Waals surface area (Å²) in [5.41, 5.74) is 2.74. The standard InChI is InChI=1S/C29H29N3O5/c1-17(2)16-37-24-12-7-20(14-18(24)3)27(34)25-26(21-6-5-13-30-15-21)32(29(36)28(25)35)23-10-8-22(9-11-23)31-19(4)33/h5-15,17,26,34H,16H2,1-4H3,(H,31,33)/b27-25-. The number of aromatic nitrogens is 1. The van der Waals surface area contributed by atoms with Crippen molar-refractivity contribution in [2.45, 2.75) is 33.7 Å². The van der Waals surface area contributed by atoms with Crippen LogP contribution in [-0.2, 0) is 14.4 Å². The summed E-state index contributed by atoms with van der Waals surface area (Å²) in [7, 11) is 0. The fourth-order valence-corrected chi connectivity index (χ4v) is 4.23. The first-order valence-corrected chi connectivity index (χ1v) is 12.0. The molecule has 2 N–H and O–H groups in total. The van der Waals surface area contributed by atoms with E-state index in [4.69, 9.17) is 4.74 Å². The third-order valence-corrected chi connectivity index (χ3v) is 5.93. The summed E-state index contributed by atoms with van der Waals surface area (Å²) >= 11 is 0. The molecule has 1 unspecified atom stereocenters. The molecular formula is C29H29N3O5. The number of ether oxygens (including phenoxy) is 1. The zero-order chi connectivity index (χ0) is 26.7. The van der Waals surface area contributed by atoms with Crippen molar-refractivity contribution in [3.63, 3.8) is 0 Å². The van der Waals surface area contributed by atoms with Gasteiger partial charge in [0.1, 0.15) is 11.5 Å². The molecule has 0 bridgehead atoms. The normalized spacial score (nSPS) is 16.8. The molecule has 1 aliphatic rings. The van der Waals surface area contributed by atoms with Gasteiger partial charge in [-0.3, -0.25) is 24.3 Å². The first kappa shape index (κ1) is 25.6. The van der Waals surface area contributed by atoms with E-state index in [0.717, 1.165) is 5.56 Å². The fourth-order valence-electron chi connectivity index (χ4n) is 4.23. The molecule has 1 saturated heterocycles. The Labute approximate surface area is 215 Å². The summed E-state index contributed by atoms with van der Waals surface area (Å²) in [6.07, 6.45) is 3.16. The van der Waals surface area contributed by atoms with Crippen LogP contribution < -0.4 is 15.0 Å². The van der Waals surface area contributed by atoms with Crippen molar-refractivity contribution < 1.29 is 24.2 Å². The van der Waals surface area contributed by atoms with Gasteiger partial charge in [0.25, 0.3) is 11.7 Å². The lowest BCUT2D eigenvalue weighted by Crippen LogP contribution is -2.29. The number of carbonyl (C=O) groups is 3. The monoisotopic (exact) mass is 499 g/mol. The van der Waals surface area contributed by atoms with Crippen LogP contribution in [0, 0.1) is 12.8 Å². The number of aliphatic hydroxyl groups excluding tert-OH is 1. The number of anilines is 2. The van der Waals surface area contributed by atoms with E-state index in [1.165, 1.54) is 11.8 Å². The van der Waals surface area contributed by atoms with E-state index in [9.17, 15) is 19.5 Å². The van der Waals surface area contributed by atoms with E-state index >= 15 is 0 Å². The van der Waals surface area contributed by atoms with Crippen molar-refractivity contribution in [2.24, 2.45) is 5.92 Å². The van der Waals surface area contributed by atoms with E-state index in [0.29, 0.717) is 40.8 Å². The second kappa shape index (κ2) is 10.7. The highest BCUT2D eigenvalue weighted by atomic mass is 16.5. The van der Waals surface area contributed by atoms with Gasteiger partial charge in [0.05, 0.1) is 18.2 Å². The summed E-state index contributed by atoms with van der Waals surface area (Å²) in [5.74, 6) is -1.02. The second-order valence-corrected chi connectivity index (χ2v) is 9.37. The molecule has 1 aromatic heterocycles. The van der Waals surface area contributed by atoms with Gasteiger partial charge >= 0.3 is 0 Å². The lowest BCUT2D eigenvalue weighted by molar-refractivity contribution is -0.132. The molecular weight excluding hydrogens is 470 g/mol. The van der Waals surface area contributed by atoms with Crippen LogP contribution >= 0.6 is 0 Å². The Morgan fingerprint density at radius 2 is 1.86 bits per heavy atom. The molecule has 190 valence electrons. The van der Waals surface area contributed by atoms with Crippen molar-refractivity contribution in [2.75, 3.05) is 16.8 Å². The van der Waals surface area contributed by atoms with Crippen LogP contribution in [0.3, 0.4) is 0 Å². The van der Waals surface area contributed by atoms with Crippen LogP contribution in [0.15, 0.2) is 72.6 Å². The second-order valence-electron chi connectivity index (χ2n) is 9.37. The quantitative estimate of drug-likeness (QED) is 0.269. The molecule has 3 aromatic rings. The summed E-state index contributed by atoms with van der Waals surface area (Å²) in [4.78, 5) is 43.5. The molecule has 1 fully saturated rings. The molecule has 37 heavy (non-hydrogen) atoms. The Morgan fingerprint density at radius 1 is 1.14 bits per heavy atom. The van der Waals surface area contributed by atoms with Crippen molar-refractivity contribution in [1.82, 2.24) is 4.98 Å². The van der Waals surface area contributed by atoms with E-state index in [1.807, 2.05) is 6.92 Å². The first-order valence-electron chi connectivity index (χ1n) is 12.0. The van der Waals surface area contributed by atoms with Crippen molar-refractivity contribution in [1.29, 1.82) is 0 Å². The highest BCUT2D eigenvalue weighted by Gasteiger charge is 2.47. The lowest BCUT2D eigenvalue weighted by atomic mass is 9.95. The van der Waals surface area contributed by atoms with Crippen LogP contribution in [0.25, 0.3) is 5.76 Å². The minimum atomic E-state index is -0.891. The number of aliphatic hydroxyl groups is 1. The van der Waals surface area contributed by atoms with Gasteiger partial charge in [-0.2, -0.15) is 0 Å². The molecule has 8 heteroatoms. The van der Waals surface area contributed by atoms with Gasteiger partial charge in [0.2, 0.25) is 5.91 Å². The average Bonchev–Trinajstić information content (AvgIpc) is 3.13. The number of hydrogen-bond donors (Lipinski definition) is 2. The molecule has 2 aromatic carbocycles. The van der Waals surface area contributed by atoms with E-state index in [2.05, 4.69) is 24.1 Å². The number of benzene rings is 2. The fraction of sp³-hybridized carbons (Fsp3) is 0.241. The van der Waals surface area contributed by atoms with Gasteiger partial charge < -0.3 is 15.2 Å². The lowest BCUT2D eigenvalue weighted by Gasteiger charge is -2.25. The molecule has 2 amide bonds. The zero-order valence-electron chi connectivity index (χ0n) is 21.2. The van der Waals surface area contributed by atoms with Crippen LogP contribution in [0.5, 0.6) is 5.75 Å². The molecule has 4 rings (SSSR count). The van der Waals surface area contributed by atoms with Gasteiger partial charge in [-0.15, -0.1) is 0 Å². The third kappa shape index (κ3) is 5.38. The van der Waals surface area contributed by atoms with Crippen LogP contribution in [-0.4, -0.2) is 34.3 Å². The Morgan fingerprint density at radius 3 is 2.46 bits per heavy atom. The number of amides is 2. The van der Waals surface area contributed by atoms with Crippen molar-refractivity contribution in [3.8, 4) is 5.75 Å². The molecule has 8 nitrogen and oxygen atoms in total. The number of rotatable bonds is 7. The van der Waals surface area contributed by atoms with Crippen LogP contribution in [0.2, 0.25) is 0 Å². The number of ketones is 1. The largest absolute Gasteiger partial charge is 0.507 e. The maximum atomic E-state index is 13.3. The number of nitrogens with zero attached hydrogens (tertiary/aromatic N) is 2. The smallest absolute Gasteiger partial charge is 0.300 e. The SMILES string of the molecule is CC(=O)Nc1ccc(N2C(=O)C(=O)/C(=C(\O)c3ccc(OCC(C)C)c(C)c3)C2c2cccnc2)cc1. The maximum absolute atomic E-state index is 13.3. The number of carbonyl (C=O) groups excluding carboxylic acids is 3. The number of pyridine rings is 1. The van der Waals surface area contributed by atoms with Gasteiger partial charge in [0, 0.05) is 36.3 Å². The van der Waals surface area contributed by atoms with Crippen LogP contribution in [0.4, 0.5) is 11.4 Å². The predicted molar refractivity (Wildman–Crippen MR) is 141 cm³/mol. The highest BCUT2D eigenvalue weighted by Crippen LogP contribution is 2.42. The summed E-state index contributed by atoms with van der Waals surface area (Å²) in [6.45, 7) is 7.93. The maximum Gasteiger partial charge on any atom is 0.300 e. The molecule has 1 atom stereocenters.